The molecule has 1 N–H and O–H groups in total. The lowest BCUT2D eigenvalue weighted by atomic mass is 10.0. The number of hydrogen-bond donors (Lipinski definition) is 1. The number of anilines is 1. The van der Waals surface area contributed by atoms with E-state index in [0.717, 1.165) is 11.8 Å². The van der Waals surface area contributed by atoms with Gasteiger partial charge < -0.3 is 14.8 Å². The second-order valence-electron chi connectivity index (χ2n) is 7.09. The van der Waals surface area contributed by atoms with E-state index in [9.17, 15) is 13.2 Å². The lowest BCUT2D eigenvalue weighted by Gasteiger charge is -2.23. The van der Waals surface area contributed by atoms with Gasteiger partial charge in [0.15, 0.2) is 11.5 Å². The molecule has 1 atom stereocenters. The molecule has 2 rings (SSSR count). The Balaban J connectivity index is 1.93. The van der Waals surface area contributed by atoms with Crippen LogP contribution < -0.4 is 19.1 Å². The largest absolute Gasteiger partial charge is 0.493 e. The molecule has 0 bridgehead atoms. The highest BCUT2D eigenvalue weighted by Gasteiger charge is 2.19. The lowest BCUT2D eigenvalue weighted by molar-refractivity contribution is -0.121. The molecule has 164 valence electrons. The predicted molar refractivity (Wildman–Crippen MR) is 119 cm³/mol. The molecule has 0 radical (unpaired) electrons. The van der Waals surface area contributed by atoms with Crippen molar-refractivity contribution in [2.45, 2.75) is 25.7 Å². The third kappa shape index (κ3) is 6.66. The van der Waals surface area contributed by atoms with Crippen LogP contribution >= 0.6 is 0 Å². The van der Waals surface area contributed by atoms with Crippen molar-refractivity contribution in [3.8, 4) is 11.5 Å². The third-order valence-electron chi connectivity index (χ3n) is 4.79. The molecule has 2 aromatic rings. The molecule has 0 unspecified atom stereocenters. The van der Waals surface area contributed by atoms with Gasteiger partial charge >= 0.3 is 0 Å². The highest BCUT2D eigenvalue weighted by Crippen LogP contribution is 2.32. The Morgan fingerprint density at radius 2 is 1.73 bits per heavy atom. The zero-order valence-corrected chi connectivity index (χ0v) is 18.7. The third-order valence-corrected chi connectivity index (χ3v) is 5.99. The number of carbonyl (C=O) groups is 1. The fraction of sp³-hybridized carbons (Fsp3) is 0.409. The van der Waals surface area contributed by atoms with E-state index in [2.05, 4.69) is 12.2 Å². The Morgan fingerprint density at radius 3 is 2.33 bits per heavy atom. The highest BCUT2D eigenvalue weighted by atomic mass is 32.2. The number of nitrogens with one attached hydrogen (secondary N) is 1. The molecule has 0 fully saturated rings. The van der Waals surface area contributed by atoms with Crippen LogP contribution in [-0.2, 0) is 14.8 Å². The summed E-state index contributed by atoms with van der Waals surface area (Å²) in [5.41, 5.74) is 1.63. The monoisotopic (exact) mass is 434 g/mol. The van der Waals surface area contributed by atoms with Crippen molar-refractivity contribution in [1.29, 1.82) is 0 Å². The summed E-state index contributed by atoms with van der Waals surface area (Å²) in [6, 6.07) is 14.9. The highest BCUT2D eigenvalue weighted by molar-refractivity contribution is 7.92. The van der Waals surface area contributed by atoms with E-state index in [1.54, 1.807) is 18.2 Å². The zero-order chi connectivity index (χ0) is 22.1. The van der Waals surface area contributed by atoms with Gasteiger partial charge in [0.25, 0.3) is 0 Å². The lowest BCUT2D eigenvalue weighted by Crippen LogP contribution is -2.32. The number of amides is 1. The van der Waals surface area contributed by atoms with Crippen LogP contribution in [0.25, 0.3) is 0 Å². The van der Waals surface area contributed by atoms with Crippen LogP contribution in [0.2, 0.25) is 0 Å². The molecule has 1 amide bonds. The van der Waals surface area contributed by atoms with E-state index in [1.807, 2.05) is 30.3 Å². The van der Waals surface area contributed by atoms with Gasteiger partial charge in [-0.05, 0) is 30.0 Å². The minimum absolute atomic E-state index is 0.0986. The van der Waals surface area contributed by atoms with E-state index >= 15 is 0 Å². The van der Waals surface area contributed by atoms with Gasteiger partial charge in [-0.3, -0.25) is 9.10 Å². The van der Waals surface area contributed by atoms with Crippen LogP contribution in [0, 0.1) is 0 Å². The maximum absolute atomic E-state index is 12.3. The Kier molecular flexibility index (Phi) is 8.53. The van der Waals surface area contributed by atoms with Crippen molar-refractivity contribution in [3.05, 3.63) is 54.1 Å². The minimum atomic E-state index is -3.52. The first kappa shape index (κ1) is 23.5. The van der Waals surface area contributed by atoms with Crippen LogP contribution in [0.3, 0.4) is 0 Å². The molecule has 0 aliphatic heterocycles. The first-order valence-corrected chi connectivity index (χ1v) is 11.6. The average molecular weight is 435 g/mol. The number of benzene rings is 2. The molecule has 0 spiro atoms. The SMILES string of the molecule is COc1ccc(N(CCCC(=O)NC[C@@H](C)c2ccccc2)S(C)(=O)=O)cc1OC. The molecule has 0 saturated carbocycles. The van der Waals surface area contributed by atoms with Crippen molar-refractivity contribution in [1.82, 2.24) is 5.32 Å². The standard InChI is InChI=1S/C22H30N2O5S/c1-17(18-9-6-5-7-10-18)16-23-22(25)11-8-14-24(30(4,26)27)19-12-13-20(28-2)21(15-19)29-3/h5-7,9-10,12-13,15,17H,8,11,14,16H2,1-4H3,(H,23,25)/t17-/m1/s1. The summed E-state index contributed by atoms with van der Waals surface area (Å²) >= 11 is 0. The number of rotatable bonds is 11. The Hall–Kier alpha value is -2.74. The molecule has 0 aromatic heterocycles. The van der Waals surface area contributed by atoms with E-state index in [4.69, 9.17) is 9.47 Å². The molecule has 2 aromatic carbocycles. The number of methoxy groups -OCH3 is 2. The smallest absolute Gasteiger partial charge is 0.232 e. The summed E-state index contributed by atoms with van der Waals surface area (Å²) in [4.78, 5) is 12.2. The zero-order valence-electron chi connectivity index (χ0n) is 17.9. The average Bonchev–Trinajstić information content (AvgIpc) is 2.74. The van der Waals surface area contributed by atoms with Gasteiger partial charge in [0.1, 0.15) is 0 Å². The van der Waals surface area contributed by atoms with Crippen molar-refractivity contribution in [2.24, 2.45) is 0 Å². The second-order valence-corrected chi connectivity index (χ2v) is 9.00. The van der Waals surface area contributed by atoms with E-state index in [1.165, 1.54) is 18.5 Å². The van der Waals surface area contributed by atoms with Crippen LogP contribution in [-0.4, -0.2) is 47.9 Å². The van der Waals surface area contributed by atoms with Crippen molar-refractivity contribution >= 4 is 21.6 Å². The van der Waals surface area contributed by atoms with Gasteiger partial charge in [-0.1, -0.05) is 37.3 Å². The first-order valence-electron chi connectivity index (χ1n) is 9.77. The van der Waals surface area contributed by atoms with Gasteiger partial charge in [0.2, 0.25) is 15.9 Å². The molecule has 0 saturated heterocycles. The fourth-order valence-corrected chi connectivity index (χ4v) is 4.06. The maximum Gasteiger partial charge on any atom is 0.232 e. The van der Waals surface area contributed by atoms with Crippen LogP contribution in [0.4, 0.5) is 5.69 Å². The van der Waals surface area contributed by atoms with Gasteiger partial charge in [-0.25, -0.2) is 8.42 Å². The summed E-state index contributed by atoms with van der Waals surface area (Å²) in [7, 11) is -0.507. The van der Waals surface area contributed by atoms with Gasteiger partial charge in [-0.2, -0.15) is 0 Å². The van der Waals surface area contributed by atoms with Gasteiger partial charge in [0, 0.05) is 25.6 Å². The number of ether oxygens (including phenoxy) is 2. The summed E-state index contributed by atoms with van der Waals surface area (Å²) in [5, 5.41) is 2.92. The summed E-state index contributed by atoms with van der Waals surface area (Å²) < 4.78 is 36.3. The molecule has 30 heavy (non-hydrogen) atoms. The first-order chi connectivity index (χ1) is 14.3. The van der Waals surface area contributed by atoms with Crippen LogP contribution in [0.15, 0.2) is 48.5 Å². The number of nitrogens with zero attached hydrogens (tertiary/aromatic N) is 1. The fourth-order valence-electron chi connectivity index (χ4n) is 3.10. The summed E-state index contributed by atoms with van der Waals surface area (Å²) in [5.74, 6) is 1.06. The number of sulfonamides is 1. The molecule has 8 heteroatoms. The summed E-state index contributed by atoms with van der Waals surface area (Å²) in [6.07, 6.45) is 1.78. The Labute approximate surface area is 179 Å². The van der Waals surface area contributed by atoms with E-state index in [-0.39, 0.29) is 24.8 Å². The number of hydrogen-bond acceptors (Lipinski definition) is 5. The van der Waals surface area contributed by atoms with Gasteiger partial charge in [-0.15, -0.1) is 0 Å². The quantitative estimate of drug-likeness (QED) is 0.587. The van der Waals surface area contributed by atoms with Crippen molar-refractivity contribution in [3.63, 3.8) is 0 Å². The van der Waals surface area contributed by atoms with E-state index < -0.39 is 10.0 Å². The minimum Gasteiger partial charge on any atom is -0.493 e. The maximum atomic E-state index is 12.3. The van der Waals surface area contributed by atoms with Crippen LogP contribution in [0.1, 0.15) is 31.2 Å². The normalized spacial score (nSPS) is 12.1. The van der Waals surface area contributed by atoms with Gasteiger partial charge in [0.05, 0.1) is 26.2 Å². The van der Waals surface area contributed by atoms with Crippen molar-refractivity contribution < 1.29 is 22.7 Å². The summed E-state index contributed by atoms with van der Waals surface area (Å²) in [6.45, 7) is 2.78. The van der Waals surface area contributed by atoms with Crippen LogP contribution in [0.5, 0.6) is 11.5 Å². The molecule has 0 heterocycles. The molecule has 0 aliphatic rings. The molecular weight excluding hydrogens is 404 g/mol. The predicted octanol–water partition coefficient (Wildman–Crippen LogP) is 3.17. The topological polar surface area (TPSA) is 84.9 Å². The number of carbonyl (C=O) groups excluding carboxylic acids is 1. The second kappa shape index (κ2) is 10.9. The molecule has 0 aliphatic carbocycles. The Bertz CT molecular complexity index is 932. The molecular formula is C22H30N2O5S. The Morgan fingerprint density at radius 1 is 1.07 bits per heavy atom. The van der Waals surface area contributed by atoms with E-state index in [0.29, 0.717) is 30.2 Å². The van der Waals surface area contributed by atoms with Crippen molar-refractivity contribution in [2.75, 3.05) is 37.9 Å². The molecule has 7 nitrogen and oxygen atoms in total.